The Labute approximate surface area is 191 Å². The molecule has 3 aromatic rings. The first-order valence-corrected chi connectivity index (χ1v) is 11.2. The van der Waals surface area contributed by atoms with E-state index in [2.05, 4.69) is 11.1 Å². The lowest BCUT2D eigenvalue weighted by Gasteiger charge is -2.25. The number of hydrogen-bond donors (Lipinski definition) is 2. The van der Waals surface area contributed by atoms with Gasteiger partial charge in [0.15, 0.2) is 5.69 Å². The van der Waals surface area contributed by atoms with Gasteiger partial charge in [0.1, 0.15) is 11.6 Å². The first kappa shape index (κ1) is 22.4. The molecule has 0 saturated carbocycles. The molecule has 0 saturated heterocycles. The number of rotatable bonds is 7. The summed E-state index contributed by atoms with van der Waals surface area (Å²) in [5.41, 5.74) is 7.52. The fraction of sp³-hybridized carbons (Fsp3) is 0.320. The standard InChI is InChI=1S/C25H28N4O4/c1-17-20(13-15-33-17)24(31)28(14-12-18-8-4-2-5-9-18)21-22(26)29(25(32)27-23(21)30)16-19-10-6-3-7-11-19/h3,6-8,10-11,13,15H,2,4-5,9,12,14,16,26H2,1H3,(H,27,30,32). The summed E-state index contributed by atoms with van der Waals surface area (Å²) < 4.78 is 6.60. The number of aryl methyl sites for hydroxylation is 1. The van der Waals surface area contributed by atoms with Gasteiger partial charge in [-0.05, 0) is 50.7 Å². The Balaban J connectivity index is 1.76. The summed E-state index contributed by atoms with van der Waals surface area (Å²) in [4.78, 5) is 42.8. The van der Waals surface area contributed by atoms with Gasteiger partial charge in [0, 0.05) is 6.54 Å². The van der Waals surface area contributed by atoms with Crippen LogP contribution >= 0.6 is 0 Å². The fourth-order valence-corrected chi connectivity index (χ4v) is 4.22. The maximum atomic E-state index is 13.5. The largest absolute Gasteiger partial charge is 0.469 e. The molecule has 4 rings (SSSR count). The number of aromatic nitrogens is 2. The van der Waals surface area contributed by atoms with E-state index < -0.39 is 11.2 Å². The van der Waals surface area contributed by atoms with Crippen LogP contribution in [0.1, 0.15) is 53.8 Å². The average molecular weight is 449 g/mol. The molecule has 1 aliphatic rings. The highest BCUT2D eigenvalue weighted by molar-refractivity contribution is 6.07. The fourth-order valence-electron chi connectivity index (χ4n) is 4.22. The number of aromatic amines is 1. The number of nitrogen functional groups attached to an aromatic ring is 1. The molecule has 1 aromatic carbocycles. The lowest BCUT2D eigenvalue weighted by Crippen LogP contribution is -2.42. The van der Waals surface area contributed by atoms with Gasteiger partial charge >= 0.3 is 5.69 Å². The van der Waals surface area contributed by atoms with Gasteiger partial charge in [-0.25, -0.2) is 4.79 Å². The van der Waals surface area contributed by atoms with E-state index in [9.17, 15) is 14.4 Å². The van der Waals surface area contributed by atoms with Crippen LogP contribution in [0.15, 0.2) is 68.3 Å². The molecule has 172 valence electrons. The van der Waals surface area contributed by atoms with Crippen molar-refractivity contribution in [2.75, 3.05) is 17.2 Å². The van der Waals surface area contributed by atoms with E-state index in [0.717, 1.165) is 31.2 Å². The Bertz CT molecular complexity index is 1280. The predicted molar refractivity (Wildman–Crippen MR) is 128 cm³/mol. The predicted octanol–water partition coefficient (Wildman–Crippen LogP) is 3.61. The molecule has 8 nitrogen and oxygen atoms in total. The van der Waals surface area contributed by atoms with Crippen molar-refractivity contribution in [3.05, 3.63) is 92.0 Å². The number of anilines is 2. The molecule has 8 heteroatoms. The first-order valence-electron chi connectivity index (χ1n) is 11.2. The Morgan fingerprint density at radius 3 is 2.64 bits per heavy atom. The lowest BCUT2D eigenvalue weighted by atomic mass is 9.97. The van der Waals surface area contributed by atoms with Crippen LogP contribution < -0.4 is 21.9 Å². The molecule has 33 heavy (non-hydrogen) atoms. The third kappa shape index (κ3) is 4.84. The van der Waals surface area contributed by atoms with Crippen molar-refractivity contribution in [2.45, 2.75) is 45.6 Å². The van der Waals surface area contributed by atoms with Crippen molar-refractivity contribution in [3.8, 4) is 0 Å². The maximum absolute atomic E-state index is 13.5. The second-order valence-corrected chi connectivity index (χ2v) is 8.27. The van der Waals surface area contributed by atoms with Crippen molar-refractivity contribution in [2.24, 2.45) is 0 Å². The highest BCUT2D eigenvalue weighted by atomic mass is 16.3. The Kier molecular flexibility index (Phi) is 6.63. The summed E-state index contributed by atoms with van der Waals surface area (Å²) >= 11 is 0. The van der Waals surface area contributed by atoms with Crippen molar-refractivity contribution in [1.29, 1.82) is 0 Å². The molecule has 0 fully saturated rings. The normalized spacial score (nSPS) is 13.5. The minimum absolute atomic E-state index is 0.0208. The summed E-state index contributed by atoms with van der Waals surface area (Å²) in [6.45, 7) is 2.14. The van der Waals surface area contributed by atoms with Crippen LogP contribution in [0.3, 0.4) is 0 Å². The number of nitrogens with two attached hydrogens (primary N) is 1. The number of H-pyrrole nitrogens is 1. The number of carbonyl (C=O) groups excluding carboxylic acids is 1. The zero-order chi connectivity index (χ0) is 23.4. The third-order valence-electron chi connectivity index (χ3n) is 6.04. The number of hydrogen-bond acceptors (Lipinski definition) is 5. The monoisotopic (exact) mass is 448 g/mol. The second kappa shape index (κ2) is 9.77. The van der Waals surface area contributed by atoms with Gasteiger partial charge in [0.25, 0.3) is 11.5 Å². The van der Waals surface area contributed by atoms with Crippen LogP contribution in [0.5, 0.6) is 0 Å². The topological polar surface area (TPSA) is 114 Å². The SMILES string of the molecule is Cc1occc1C(=O)N(CCC1=CCCCC1)c1c(N)n(Cc2ccccc2)c(=O)[nH]c1=O. The van der Waals surface area contributed by atoms with E-state index in [1.165, 1.54) is 21.3 Å². The molecule has 0 aliphatic heterocycles. The molecule has 0 bridgehead atoms. The molecule has 0 unspecified atom stereocenters. The van der Waals surface area contributed by atoms with E-state index in [1.54, 1.807) is 13.0 Å². The molecule has 0 spiro atoms. The number of nitrogens with one attached hydrogen (secondary N) is 1. The summed E-state index contributed by atoms with van der Waals surface area (Å²) in [5, 5.41) is 0. The van der Waals surface area contributed by atoms with Crippen LogP contribution in [0.4, 0.5) is 11.5 Å². The molecule has 2 aromatic heterocycles. The number of amides is 1. The van der Waals surface area contributed by atoms with Crippen molar-refractivity contribution in [1.82, 2.24) is 9.55 Å². The zero-order valence-corrected chi connectivity index (χ0v) is 18.7. The van der Waals surface area contributed by atoms with Crippen LogP contribution in [-0.4, -0.2) is 22.0 Å². The van der Waals surface area contributed by atoms with Crippen LogP contribution in [-0.2, 0) is 6.54 Å². The van der Waals surface area contributed by atoms with Crippen molar-refractivity contribution >= 4 is 17.4 Å². The molecular weight excluding hydrogens is 420 g/mol. The quantitative estimate of drug-likeness (QED) is 0.536. The summed E-state index contributed by atoms with van der Waals surface area (Å²) in [6.07, 6.45) is 8.55. The van der Waals surface area contributed by atoms with E-state index >= 15 is 0 Å². The highest BCUT2D eigenvalue weighted by Crippen LogP contribution is 2.25. The first-order chi connectivity index (χ1) is 16.0. The van der Waals surface area contributed by atoms with Crippen LogP contribution in [0, 0.1) is 6.92 Å². The summed E-state index contributed by atoms with van der Waals surface area (Å²) in [7, 11) is 0. The van der Waals surface area contributed by atoms with Crippen LogP contribution in [0.2, 0.25) is 0 Å². The number of carbonyl (C=O) groups is 1. The zero-order valence-electron chi connectivity index (χ0n) is 18.7. The van der Waals surface area contributed by atoms with Gasteiger partial charge in [-0.3, -0.25) is 19.1 Å². The highest BCUT2D eigenvalue weighted by Gasteiger charge is 2.27. The van der Waals surface area contributed by atoms with Gasteiger partial charge in [-0.1, -0.05) is 42.0 Å². The molecule has 0 radical (unpaired) electrons. The minimum atomic E-state index is -0.686. The molecule has 0 atom stereocenters. The van der Waals surface area contributed by atoms with Crippen LogP contribution in [0.25, 0.3) is 0 Å². The van der Waals surface area contributed by atoms with Gasteiger partial charge in [0.2, 0.25) is 0 Å². The number of benzene rings is 1. The number of allylic oxidation sites excluding steroid dienone is 1. The van der Waals surface area contributed by atoms with Gasteiger partial charge < -0.3 is 15.1 Å². The molecule has 3 N–H and O–H groups in total. The van der Waals surface area contributed by atoms with Gasteiger partial charge in [0.05, 0.1) is 18.4 Å². The smallest absolute Gasteiger partial charge is 0.330 e. The second-order valence-electron chi connectivity index (χ2n) is 8.27. The van der Waals surface area contributed by atoms with Crippen molar-refractivity contribution < 1.29 is 9.21 Å². The van der Waals surface area contributed by atoms with E-state index in [1.807, 2.05) is 30.3 Å². The van der Waals surface area contributed by atoms with Gasteiger partial charge in [-0.15, -0.1) is 0 Å². The Morgan fingerprint density at radius 2 is 1.97 bits per heavy atom. The number of furan rings is 1. The molecule has 1 aliphatic carbocycles. The van der Waals surface area contributed by atoms with Crippen molar-refractivity contribution in [3.63, 3.8) is 0 Å². The molecule has 1 amide bonds. The van der Waals surface area contributed by atoms with Gasteiger partial charge in [-0.2, -0.15) is 0 Å². The maximum Gasteiger partial charge on any atom is 0.330 e. The summed E-state index contributed by atoms with van der Waals surface area (Å²) in [5.74, 6) is 0.0222. The molecular formula is C25H28N4O4. The number of nitrogens with zero attached hydrogens (tertiary/aromatic N) is 2. The Morgan fingerprint density at radius 1 is 1.18 bits per heavy atom. The Hall–Kier alpha value is -3.81. The average Bonchev–Trinajstić information content (AvgIpc) is 3.25. The lowest BCUT2D eigenvalue weighted by molar-refractivity contribution is 0.0985. The molecule has 2 heterocycles. The van der Waals surface area contributed by atoms with E-state index in [4.69, 9.17) is 10.2 Å². The third-order valence-corrected chi connectivity index (χ3v) is 6.04. The van der Waals surface area contributed by atoms with E-state index in [0.29, 0.717) is 17.7 Å². The summed E-state index contributed by atoms with van der Waals surface area (Å²) in [6, 6.07) is 10.9. The van der Waals surface area contributed by atoms with E-state index in [-0.39, 0.29) is 30.5 Å². The minimum Gasteiger partial charge on any atom is -0.469 e.